The normalized spacial score (nSPS) is 11.7. The van der Waals surface area contributed by atoms with E-state index in [2.05, 4.69) is 5.10 Å². The van der Waals surface area contributed by atoms with Crippen molar-refractivity contribution in [3.63, 3.8) is 0 Å². The second kappa shape index (κ2) is 3.38. The van der Waals surface area contributed by atoms with Crippen LogP contribution in [0.5, 0.6) is 0 Å². The van der Waals surface area contributed by atoms with E-state index in [1.54, 1.807) is 7.05 Å². The summed E-state index contributed by atoms with van der Waals surface area (Å²) in [6.07, 6.45) is 1.26. The zero-order valence-electron chi connectivity index (χ0n) is 8.52. The highest BCUT2D eigenvalue weighted by molar-refractivity contribution is 5.38. The molecule has 0 aliphatic rings. The van der Waals surface area contributed by atoms with Crippen LogP contribution in [0.25, 0.3) is 0 Å². The third-order valence-electron chi connectivity index (χ3n) is 2.27. The van der Waals surface area contributed by atoms with Crippen molar-refractivity contribution in [2.75, 3.05) is 6.54 Å². The number of rotatable bonds is 3. The van der Waals surface area contributed by atoms with Crippen molar-refractivity contribution in [3.8, 4) is 0 Å². The molecule has 0 spiro atoms. The van der Waals surface area contributed by atoms with Crippen LogP contribution in [0, 0.1) is 10.1 Å². The lowest BCUT2D eigenvalue weighted by atomic mass is 9.88. The van der Waals surface area contributed by atoms with Gasteiger partial charge in [0.1, 0.15) is 11.9 Å². The Hall–Kier alpha value is -1.43. The Morgan fingerprint density at radius 2 is 2.29 bits per heavy atom. The highest BCUT2D eigenvalue weighted by atomic mass is 16.6. The number of nitrogens with two attached hydrogens (primary N) is 1. The van der Waals surface area contributed by atoms with Crippen LogP contribution < -0.4 is 5.73 Å². The number of nitro groups is 1. The van der Waals surface area contributed by atoms with Crippen LogP contribution >= 0.6 is 0 Å². The van der Waals surface area contributed by atoms with Gasteiger partial charge in [0.25, 0.3) is 0 Å². The second-order valence-corrected chi connectivity index (χ2v) is 3.85. The van der Waals surface area contributed by atoms with Crippen LogP contribution in [0.3, 0.4) is 0 Å². The summed E-state index contributed by atoms with van der Waals surface area (Å²) in [5, 5.41) is 14.6. The molecule has 0 aliphatic heterocycles. The monoisotopic (exact) mass is 198 g/mol. The maximum Gasteiger partial charge on any atom is 0.310 e. The molecule has 0 fully saturated rings. The van der Waals surface area contributed by atoms with Crippen LogP contribution in [0.15, 0.2) is 6.20 Å². The number of nitrogens with zero attached hydrogens (tertiary/aromatic N) is 3. The Morgan fingerprint density at radius 3 is 2.71 bits per heavy atom. The first-order valence-corrected chi connectivity index (χ1v) is 4.27. The van der Waals surface area contributed by atoms with Gasteiger partial charge in [0.15, 0.2) is 0 Å². The molecule has 1 rings (SSSR count). The van der Waals surface area contributed by atoms with E-state index in [-0.39, 0.29) is 5.69 Å². The van der Waals surface area contributed by atoms with Crippen molar-refractivity contribution in [1.29, 1.82) is 0 Å². The molecule has 0 unspecified atom stereocenters. The van der Waals surface area contributed by atoms with Crippen LogP contribution in [-0.4, -0.2) is 21.2 Å². The molecule has 0 aromatic carbocycles. The first-order valence-electron chi connectivity index (χ1n) is 4.27. The molecule has 6 heteroatoms. The van der Waals surface area contributed by atoms with Crippen molar-refractivity contribution < 1.29 is 4.92 Å². The highest BCUT2D eigenvalue weighted by Crippen LogP contribution is 2.29. The Balaban J connectivity index is 3.31. The molecular formula is C8H14N4O2. The predicted octanol–water partition coefficient (Wildman–Crippen LogP) is 0.565. The van der Waals surface area contributed by atoms with Gasteiger partial charge in [-0.1, -0.05) is 13.8 Å². The largest absolute Gasteiger partial charge is 0.330 e. The molecule has 0 atom stereocenters. The predicted molar refractivity (Wildman–Crippen MR) is 51.9 cm³/mol. The van der Waals surface area contributed by atoms with Gasteiger partial charge in [-0.3, -0.25) is 14.8 Å². The van der Waals surface area contributed by atoms with Crippen molar-refractivity contribution >= 4 is 5.69 Å². The summed E-state index contributed by atoms with van der Waals surface area (Å²) in [6.45, 7) is 4.06. The minimum atomic E-state index is -0.437. The molecule has 78 valence electrons. The molecule has 0 saturated carbocycles. The summed E-state index contributed by atoms with van der Waals surface area (Å²) < 4.78 is 1.50. The molecule has 1 aromatic rings. The van der Waals surface area contributed by atoms with Crippen molar-refractivity contribution in [1.82, 2.24) is 9.78 Å². The maximum atomic E-state index is 10.7. The van der Waals surface area contributed by atoms with Gasteiger partial charge in [0.2, 0.25) is 0 Å². The minimum absolute atomic E-state index is 0.0305. The quantitative estimate of drug-likeness (QED) is 0.568. The molecule has 0 radical (unpaired) electrons. The van der Waals surface area contributed by atoms with E-state index in [1.807, 2.05) is 13.8 Å². The molecule has 0 amide bonds. The van der Waals surface area contributed by atoms with E-state index >= 15 is 0 Å². The van der Waals surface area contributed by atoms with E-state index in [1.165, 1.54) is 10.9 Å². The van der Waals surface area contributed by atoms with E-state index < -0.39 is 10.3 Å². The van der Waals surface area contributed by atoms with Crippen molar-refractivity contribution in [3.05, 3.63) is 22.0 Å². The average molecular weight is 198 g/mol. The number of aromatic nitrogens is 2. The van der Waals surface area contributed by atoms with Gasteiger partial charge in [0.05, 0.1) is 4.92 Å². The SMILES string of the molecule is Cn1ncc([N+](=O)[O-])c1C(C)(C)CN. The van der Waals surface area contributed by atoms with E-state index in [0.29, 0.717) is 12.2 Å². The third-order valence-corrected chi connectivity index (χ3v) is 2.27. The standard InChI is InChI=1S/C8H14N4O2/c1-8(2,5-9)7-6(12(13)14)4-10-11(7)3/h4H,5,9H2,1-3H3. The lowest BCUT2D eigenvalue weighted by Gasteiger charge is -2.21. The molecule has 1 aromatic heterocycles. The van der Waals surface area contributed by atoms with E-state index in [4.69, 9.17) is 5.73 Å². The molecule has 14 heavy (non-hydrogen) atoms. The van der Waals surface area contributed by atoms with Crippen LogP contribution in [0.2, 0.25) is 0 Å². The van der Waals surface area contributed by atoms with Crippen molar-refractivity contribution in [2.45, 2.75) is 19.3 Å². The fourth-order valence-electron chi connectivity index (χ4n) is 1.44. The van der Waals surface area contributed by atoms with Gasteiger partial charge in [-0.15, -0.1) is 0 Å². The summed E-state index contributed by atoms with van der Waals surface area (Å²) in [4.78, 5) is 10.3. The van der Waals surface area contributed by atoms with E-state index in [0.717, 1.165) is 0 Å². The Kier molecular flexibility index (Phi) is 2.57. The molecule has 0 aliphatic carbocycles. The molecule has 2 N–H and O–H groups in total. The van der Waals surface area contributed by atoms with Crippen LogP contribution in [0.4, 0.5) is 5.69 Å². The highest BCUT2D eigenvalue weighted by Gasteiger charge is 2.31. The molecule has 0 saturated heterocycles. The van der Waals surface area contributed by atoms with Gasteiger partial charge in [-0.05, 0) is 0 Å². The summed E-state index contributed by atoms with van der Waals surface area (Å²) in [5.41, 5.74) is 5.73. The molecule has 6 nitrogen and oxygen atoms in total. The summed E-state index contributed by atoms with van der Waals surface area (Å²) >= 11 is 0. The fourth-order valence-corrected chi connectivity index (χ4v) is 1.44. The van der Waals surface area contributed by atoms with Gasteiger partial charge < -0.3 is 5.73 Å². The third kappa shape index (κ3) is 1.60. The fraction of sp³-hybridized carbons (Fsp3) is 0.625. The lowest BCUT2D eigenvalue weighted by molar-refractivity contribution is -0.386. The van der Waals surface area contributed by atoms with Gasteiger partial charge >= 0.3 is 5.69 Å². The van der Waals surface area contributed by atoms with Crippen molar-refractivity contribution in [2.24, 2.45) is 12.8 Å². The van der Waals surface area contributed by atoms with Gasteiger partial charge in [-0.25, -0.2) is 0 Å². The number of aryl methyl sites for hydroxylation is 1. The second-order valence-electron chi connectivity index (χ2n) is 3.85. The number of hydrogen-bond donors (Lipinski definition) is 1. The van der Waals surface area contributed by atoms with E-state index in [9.17, 15) is 10.1 Å². The lowest BCUT2D eigenvalue weighted by Crippen LogP contribution is -2.31. The van der Waals surface area contributed by atoms with Gasteiger partial charge in [0, 0.05) is 19.0 Å². The minimum Gasteiger partial charge on any atom is -0.330 e. The Morgan fingerprint density at radius 1 is 1.71 bits per heavy atom. The summed E-state index contributed by atoms with van der Waals surface area (Å²) in [5.74, 6) is 0. The number of hydrogen-bond acceptors (Lipinski definition) is 4. The molecule has 1 heterocycles. The zero-order chi connectivity index (χ0) is 10.9. The topological polar surface area (TPSA) is 87.0 Å². The maximum absolute atomic E-state index is 10.7. The van der Waals surface area contributed by atoms with Crippen LogP contribution in [0.1, 0.15) is 19.5 Å². The van der Waals surface area contributed by atoms with Crippen LogP contribution in [-0.2, 0) is 12.5 Å². The first-order chi connectivity index (χ1) is 6.40. The zero-order valence-corrected chi connectivity index (χ0v) is 8.52. The van der Waals surface area contributed by atoms with Gasteiger partial charge in [-0.2, -0.15) is 5.10 Å². The summed E-state index contributed by atoms with van der Waals surface area (Å²) in [7, 11) is 1.68. The Labute approximate surface area is 81.9 Å². The average Bonchev–Trinajstić information content (AvgIpc) is 2.47. The smallest absolute Gasteiger partial charge is 0.310 e. The molecule has 0 bridgehead atoms. The summed E-state index contributed by atoms with van der Waals surface area (Å²) in [6, 6.07) is 0. The molecular weight excluding hydrogens is 184 g/mol. The first kappa shape index (κ1) is 10.6. The Bertz CT molecular complexity index is 356.